The number of hydrogen-bond donors (Lipinski definition) is 0. The number of halogens is 3. The maximum Gasteiger partial charge on any atom is 0.416 e. The fourth-order valence-corrected chi connectivity index (χ4v) is 3.92. The number of alkyl halides is 3. The van der Waals surface area contributed by atoms with Crippen molar-refractivity contribution in [3.8, 4) is 0 Å². The van der Waals surface area contributed by atoms with E-state index in [0.29, 0.717) is 19.5 Å². The van der Waals surface area contributed by atoms with E-state index in [-0.39, 0.29) is 22.9 Å². The van der Waals surface area contributed by atoms with Crippen LogP contribution in [-0.4, -0.2) is 47.3 Å². The van der Waals surface area contributed by atoms with Gasteiger partial charge >= 0.3 is 6.18 Å². The standard InChI is InChI=1S/C18H21F3N2O2/c1-22-15(24)4-2-9-17(22)10-3-11-23(12-17)16(25)13-5-7-14(8-6-13)18(19,20)21/h5-8H,2-4,9-12H2,1H3. The van der Waals surface area contributed by atoms with Crippen LogP contribution < -0.4 is 0 Å². The summed E-state index contributed by atoms with van der Waals surface area (Å²) in [7, 11) is 1.79. The third-order valence-corrected chi connectivity index (χ3v) is 5.42. The smallest absolute Gasteiger partial charge is 0.338 e. The van der Waals surface area contributed by atoms with E-state index in [4.69, 9.17) is 0 Å². The number of piperidine rings is 2. The van der Waals surface area contributed by atoms with Gasteiger partial charge in [-0.05, 0) is 49.9 Å². The Morgan fingerprint density at radius 1 is 1.12 bits per heavy atom. The van der Waals surface area contributed by atoms with Crippen LogP contribution >= 0.6 is 0 Å². The predicted octanol–water partition coefficient (Wildman–Crippen LogP) is 3.32. The van der Waals surface area contributed by atoms with E-state index in [1.807, 2.05) is 0 Å². The number of likely N-dealkylation sites (tertiary alicyclic amines) is 2. The van der Waals surface area contributed by atoms with Crippen LogP contribution in [0.3, 0.4) is 0 Å². The maximum absolute atomic E-state index is 12.7. The minimum absolute atomic E-state index is 0.0927. The van der Waals surface area contributed by atoms with Crippen LogP contribution in [0.1, 0.15) is 48.0 Å². The Morgan fingerprint density at radius 2 is 1.76 bits per heavy atom. The van der Waals surface area contributed by atoms with Crippen LogP contribution in [0.4, 0.5) is 13.2 Å². The highest BCUT2D eigenvalue weighted by molar-refractivity contribution is 5.94. The van der Waals surface area contributed by atoms with E-state index in [0.717, 1.165) is 37.8 Å². The molecule has 3 rings (SSSR count). The highest BCUT2D eigenvalue weighted by Gasteiger charge is 2.44. The lowest BCUT2D eigenvalue weighted by molar-refractivity contribution is -0.142. The summed E-state index contributed by atoms with van der Waals surface area (Å²) in [5.41, 5.74) is -0.860. The van der Waals surface area contributed by atoms with Gasteiger partial charge in [-0.2, -0.15) is 13.2 Å². The fraction of sp³-hybridized carbons (Fsp3) is 0.556. The van der Waals surface area contributed by atoms with Crippen LogP contribution in [-0.2, 0) is 11.0 Å². The molecule has 0 N–H and O–H groups in total. The molecule has 0 aromatic heterocycles. The number of carbonyl (C=O) groups is 2. The molecule has 1 atom stereocenters. The van der Waals surface area contributed by atoms with E-state index in [1.54, 1.807) is 16.8 Å². The quantitative estimate of drug-likeness (QED) is 0.776. The van der Waals surface area contributed by atoms with Gasteiger partial charge < -0.3 is 9.80 Å². The number of benzene rings is 1. The van der Waals surface area contributed by atoms with Gasteiger partial charge in [0, 0.05) is 32.1 Å². The first-order valence-electron chi connectivity index (χ1n) is 8.46. The SMILES string of the molecule is CN1C(=O)CCCC12CCCN(C(=O)c1ccc(C(F)(F)F)cc1)C2. The molecule has 2 aliphatic rings. The average Bonchev–Trinajstić information content (AvgIpc) is 2.59. The third-order valence-electron chi connectivity index (χ3n) is 5.42. The van der Waals surface area contributed by atoms with Gasteiger partial charge in [-0.3, -0.25) is 9.59 Å². The van der Waals surface area contributed by atoms with E-state index in [9.17, 15) is 22.8 Å². The summed E-state index contributed by atoms with van der Waals surface area (Å²) >= 11 is 0. The van der Waals surface area contributed by atoms with Crippen LogP contribution in [0.25, 0.3) is 0 Å². The van der Waals surface area contributed by atoms with Crippen molar-refractivity contribution >= 4 is 11.8 Å². The Morgan fingerprint density at radius 3 is 2.40 bits per heavy atom. The summed E-state index contributed by atoms with van der Waals surface area (Å²) in [5.74, 6) is -0.186. The van der Waals surface area contributed by atoms with Crippen molar-refractivity contribution < 1.29 is 22.8 Å². The first-order chi connectivity index (χ1) is 11.7. The topological polar surface area (TPSA) is 40.6 Å². The van der Waals surface area contributed by atoms with Gasteiger partial charge in [0.1, 0.15) is 0 Å². The van der Waals surface area contributed by atoms with Gasteiger partial charge in [0.05, 0.1) is 11.1 Å². The number of nitrogens with zero attached hydrogens (tertiary/aromatic N) is 2. The predicted molar refractivity (Wildman–Crippen MR) is 85.9 cm³/mol. The lowest BCUT2D eigenvalue weighted by Crippen LogP contribution is -2.61. The number of amides is 2. The second-order valence-corrected chi connectivity index (χ2v) is 6.94. The van der Waals surface area contributed by atoms with E-state index in [1.165, 1.54) is 12.1 Å². The molecule has 7 heteroatoms. The zero-order valence-electron chi connectivity index (χ0n) is 14.1. The van der Waals surface area contributed by atoms with Crippen molar-refractivity contribution in [2.75, 3.05) is 20.1 Å². The molecule has 2 fully saturated rings. The second kappa shape index (κ2) is 6.35. The largest absolute Gasteiger partial charge is 0.416 e. The normalized spacial score (nSPS) is 24.7. The molecule has 0 radical (unpaired) electrons. The monoisotopic (exact) mass is 354 g/mol. The molecule has 4 nitrogen and oxygen atoms in total. The highest BCUT2D eigenvalue weighted by atomic mass is 19.4. The molecule has 2 saturated heterocycles. The maximum atomic E-state index is 12.7. The second-order valence-electron chi connectivity index (χ2n) is 6.94. The summed E-state index contributed by atoms with van der Waals surface area (Å²) in [6.45, 7) is 0.999. The van der Waals surface area contributed by atoms with E-state index < -0.39 is 11.7 Å². The molecule has 1 aromatic rings. The first-order valence-corrected chi connectivity index (χ1v) is 8.46. The number of hydrogen-bond acceptors (Lipinski definition) is 2. The lowest BCUT2D eigenvalue weighted by Gasteiger charge is -2.50. The zero-order valence-corrected chi connectivity index (χ0v) is 14.1. The van der Waals surface area contributed by atoms with E-state index in [2.05, 4.69) is 0 Å². The van der Waals surface area contributed by atoms with Crippen LogP contribution in [0.15, 0.2) is 24.3 Å². The molecule has 0 aliphatic carbocycles. The average molecular weight is 354 g/mol. The summed E-state index contributed by atoms with van der Waals surface area (Å²) in [6.07, 6.45) is -0.583. The van der Waals surface area contributed by atoms with Crippen molar-refractivity contribution in [2.24, 2.45) is 0 Å². The summed E-state index contributed by atoms with van der Waals surface area (Å²) < 4.78 is 38.0. The first kappa shape index (κ1) is 17.8. The zero-order chi connectivity index (χ0) is 18.2. The minimum Gasteiger partial charge on any atom is -0.338 e. The lowest BCUT2D eigenvalue weighted by atomic mass is 9.80. The minimum atomic E-state index is -4.41. The Balaban J connectivity index is 1.77. The molecule has 1 aromatic carbocycles. The van der Waals surface area contributed by atoms with Crippen LogP contribution in [0, 0.1) is 0 Å². The third kappa shape index (κ3) is 3.37. The Labute approximate surface area is 144 Å². The Kier molecular flexibility index (Phi) is 4.51. The molecule has 1 spiro atoms. The molecule has 1 unspecified atom stereocenters. The highest BCUT2D eigenvalue weighted by Crippen LogP contribution is 2.36. The van der Waals surface area contributed by atoms with Gasteiger partial charge in [0.15, 0.2) is 0 Å². The Hall–Kier alpha value is -2.05. The molecular formula is C18H21F3N2O2. The van der Waals surface area contributed by atoms with Crippen molar-refractivity contribution in [1.82, 2.24) is 9.80 Å². The van der Waals surface area contributed by atoms with Crippen LogP contribution in [0.2, 0.25) is 0 Å². The van der Waals surface area contributed by atoms with Gasteiger partial charge in [0.2, 0.25) is 5.91 Å². The van der Waals surface area contributed by atoms with Crippen molar-refractivity contribution in [1.29, 1.82) is 0 Å². The van der Waals surface area contributed by atoms with Gasteiger partial charge in [-0.1, -0.05) is 0 Å². The summed E-state index contributed by atoms with van der Waals surface area (Å²) in [5, 5.41) is 0. The molecule has 0 bridgehead atoms. The molecule has 2 amide bonds. The molecular weight excluding hydrogens is 333 g/mol. The fourth-order valence-electron chi connectivity index (χ4n) is 3.92. The van der Waals surface area contributed by atoms with E-state index >= 15 is 0 Å². The van der Waals surface area contributed by atoms with Crippen molar-refractivity contribution in [3.63, 3.8) is 0 Å². The molecule has 2 aliphatic heterocycles. The number of likely N-dealkylation sites (N-methyl/N-ethyl adjacent to an activating group) is 1. The molecule has 0 saturated carbocycles. The summed E-state index contributed by atoms with van der Waals surface area (Å²) in [4.78, 5) is 28.2. The van der Waals surface area contributed by atoms with Crippen LogP contribution in [0.5, 0.6) is 0 Å². The van der Waals surface area contributed by atoms with Crippen molar-refractivity contribution in [2.45, 2.75) is 43.8 Å². The molecule has 136 valence electrons. The van der Waals surface area contributed by atoms with Gasteiger partial charge in [-0.15, -0.1) is 0 Å². The number of rotatable bonds is 1. The molecule has 2 heterocycles. The summed E-state index contributed by atoms with van der Waals surface area (Å²) in [6, 6.07) is 4.32. The van der Waals surface area contributed by atoms with Crippen molar-refractivity contribution in [3.05, 3.63) is 35.4 Å². The molecule has 25 heavy (non-hydrogen) atoms. The van der Waals surface area contributed by atoms with Gasteiger partial charge in [0.25, 0.3) is 5.91 Å². The number of carbonyl (C=O) groups excluding carboxylic acids is 2. The van der Waals surface area contributed by atoms with Gasteiger partial charge in [-0.25, -0.2) is 0 Å². The Bertz CT molecular complexity index is 668.